The molecule has 2 N–H and O–H groups in total. The largest absolute Gasteiger partial charge is 0.508 e. The molecule has 0 aliphatic rings. The highest BCUT2D eigenvalue weighted by molar-refractivity contribution is 6.07. The number of carbonyl (C=O) groups excluding carboxylic acids is 1. The maximum atomic E-state index is 13.6. The van der Waals surface area contributed by atoms with E-state index in [0.717, 1.165) is 29.3 Å². The Labute approximate surface area is 192 Å². The smallest absolute Gasteiger partial charge is 0.254 e. The Balaban J connectivity index is 1.73. The average molecular weight is 448 g/mol. The second kappa shape index (κ2) is 9.03. The molecule has 9 nitrogen and oxygen atoms in total. The Hall–Kier alpha value is -3.72. The number of amides is 1. The Kier molecular flexibility index (Phi) is 6.15. The highest BCUT2D eigenvalue weighted by Gasteiger charge is 2.20. The van der Waals surface area contributed by atoms with E-state index in [9.17, 15) is 9.90 Å². The van der Waals surface area contributed by atoms with Gasteiger partial charge in [-0.25, -0.2) is 9.97 Å². The number of rotatable bonds is 7. The number of carbonyl (C=O) groups is 1. The summed E-state index contributed by atoms with van der Waals surface area (Å²) >= 11 is 0. The van der Waals surface area contributed by atoms with Crippen LogP contribution in [0.4, 0.5) is 0 Å². The molecule has 3 heterocycles. The van der Waals surface area contributed by atoms with Crippen LogP contribution in [0, 0.1) is 6.92 Å². The lowest BCUT2D eigenvalue weighted by molar-refractivity contribution is 0.0787. The first-order valence-electron chi connectivity index (χ1n) is 10.9. The summed E-state index contributed by atoms with van der Waals surface area (Å²) in [7, 11) is 5.72. The molecule has 0 unspecified atom stereocenters. The zero-order valence-electron chi connectivity index (χ0n) is 19.6. The number of phenols is 1. The lowest BCUT2D eigenvalue weighted by Gasteiger charge is -2.19. The predicted octanol–water partition coefficient (Wildman–Crippen LogP) is 3.19. The maximum absolute atomic E-state index is 13.6. The molecule has 172 valence electrons. The van der Waals surface area contributed by atoms with Gasteiger partial charge in [0.05, 0.1) is 41.4 Å². The van der Waals surface area contributed by atoms with Gasteiger partial charge in [-0.1, -0.05) is 0 Å². The van der Waals surface area contributed by atoms with Crippen LogP contribution < -0.4 is 0 Å². The SMILES string of the molecule is CCn1ncc(CN(C)C(=O)c2cc(-c3cnc(CN(C)C)[nH]3)nc3ccc(O)cc23)c1C. The van der Waals surface area contributed by atoms with Crippen LogP contribution in [0.3, 0.4) is 0 Å². The van der Waals surface area contributed by atoms with Crippen LogP contribution in [0.2, 0.25) is 0 Å². The van der Waals surface area contributed by atoms with Gasteiger partial charge in [0.15, 0.2) is 0 Å². The zero-order chi connectivity index (χ0) is 23.7. The number of aromatic nitrogens is 5. The molecule has 0 saturated heterocycles. The molecule has 0 aliphatic carbocycles. The van der Waals surface area contributed by atoms with Crippen molar-refractivity contribution >= 4 is 16.8 Å². The van der Waals surface area contributed by atoms with Gasteiger partial charge in [0.2, 0.25) is 0 Å². The Bertz CT molecular complexity index is 1310. The number of pyridine rings is 1. The third kappa shape index (κ3) is 4.58. The third-order valence-corrected chi connectivity index (χ3v) is 5.65. The summed E-state index contributed by atoms with van der Waals surface area (Å²) in [5, 5.41) is 15.0. The summed E-state index contributed by atoms with van der Waals surface area (Å²) in [6.07, 6.45) is 3.54. The number of hydrogen-bond donors (Lipinski definition) is 2. The number of aryl methyl sites for hydroxylation is 1. The number of nitrogens with zero attached hydrogens (tertiary/aromatic N) is 6. The molecular weight excluding hydrogens is 418 g/mol. The van der Waals surface area contributed by atoms with E-state index < -0.39 is 0 Å². The molecule has 1 aromatic carbocycles. The minimum Gasteiger partial charge on any atom is -0.508 e. The number of benzene rings is 1. The number of H-pyrrole nitrogens is 1. The molecule has 3 aromatic heterocycles. The summed E-state index contributed by atoms with van der Waals surface area (Å²) in [4.78, 5) is 29.7. The minimum atomic E-state index is -0.161. The lowest BCUT2D eigenvalue weighted by atomic mass is 10.0. The third-order valence-electron chi connectivity index (χ3n) is 5.65. The number of imidazole rings is 1. The molecule has 4 rings (SSSR count). The van der Waals surface area contributed by atoms with Crippen LogP contribution in [0.5, 0.6) is 5.75 Å². The number of fused-ring (bicyclic) bond motifs is 1. The first-order valence-corrected chi connectivity index (χ1v) is 10.9. The normalized spacial score (nSPS) is 11.5. The fourth-order valence-corrected chi connectivity index (χ4v) is 3.89. The van der Waals surface area contributed by atoms with E-state index in [0.29, 0.717) is 35.2 Å². The van der Waals surface area contributed by atoms with Gasteiger partial charge in [-0.15, -0.1) is 0 Å². The number of aromatic hydroxyl groups is 1. The van der Waals surface area contributed by atoms with E-state index in [1.807, 2.05) is 37.5 Å². The Morgan fingerprint density at radius 2 is 1.94 bits per heavy atom. The fourth-order valence-electron chi connectivity index (χ4n) is 3.89. The van der Waals surface area contributed by atoms with Gasteiger partial charge < -0.3 is 19.9 Å². The van der Waals surface area contributed by atoms with Crippen molar-refractivity contribution in [3.8, 4) is 17.1 Å². The summed E-state index contributed by atoms with van der Waals surface area (Å²) in [6.45, 7) is 5.92. The summed E-state index contributed by atoms with van der Waals surface area (Å²) < 4.78 is 1.91. The molecule has 0 saturated carbocycles. The molecular formula is C24H29N7O2. The van der Waals surface area contributed by atoms with Crippen molar-refractivity contribution in [2.45, 2.75) is 33.5 Å². The Morgan fingerprint density at radius 1 is 1.15 bits per heavy atom. The molecule has 0 bridgehead atoms. The Morgan fingerprint density at radius 3 is 2.64 bits per heavy atom. The van der Waals surface area contributed by atoms with Crippen LogP contribution in [-0.4, -0.2) is 66.7 Å². The molecule has 9 heteroatoms. The van der Waals surface area contributed by atoms with Gasteiger partial charge in [0.25, 0.3) is 5.91 Å². The summed E-state index contributed by atoms with van der Waals surface area (Å²) in [5.41, 5.74) is 4.49. The van der Waals surface area contributed by atoms with Crippen molar-refractivity contribution in [2.75, 3.05) is 21.1 Å². The van der Waals surface area contributed by atoms with Crippen LogP contribution in [0.1, 0.15) is 34.4 Å². The van der Waals surface area contributed by atoms with Gasteiger partial charge >= 0.3 is 0 Å². The van der Waals surface area contributed by atoms with Crippen LogP contribution in [0.25, 0.3) is 22.3 Å². The molecule has 0 aliphatic heterocycles. The van der Waals surface area contributed by atoms with Gasteiger partial charge in [0.1, 0.15) is 11.6 Å². The van der Waals surface area contributed by atoms with Crippen molar-refractivity contribution < 1.29 is 9.90 Å². The van der Waals surface area contributed by atoms with Gasteiger partial charge in [-0.3, -0.25) is 9.48 Å². The van der Waals surface area contributed by atoms with Crippen molar-refractivity contribution in [2.24, 2.45) is 0 Å². The van der Waals surface area contributed by atoms with E-state index in [1.165, 1.54) is 0 Å². The zero-order valence-corrected chi connectivity index (χ0v) is 19.6. The molecule has 0 fully saturated rings. The first kappa shape index (κ1) is 22.5. The van der Waals surface area contributed by atoms with Crippen molar-refractivity contribution in [3.63, 3.8) is 0 Å². The van der Waals surface area contributed by atoms with Gasteiger partial charge in [-0.2, -0.15) is 5.10 Å². The van der Waals surface area contributed by atoms with Crippen LogP contribution in [0.15, 0.2) is 36.7 Å². The average Bonchev–Trinajstić information content (AvgIpc) is 3.38. The monoisotopic (exact) mass is 447 g/mol. The summed E-state index contributed by atoms with van der Waals surface area (Å²) in [6, 6.07) is 6.63. The highest BCUT2D eigenvalue weighted by Crippen LogP contribution is 2.28. The standard InChI is InChI=1S/C24H29N7O2/c1-6-31-15(2)16(11-26-31)13-30(5)24(33)19-10-21(22-12-25-23(28-22)14-29(3)4)27-20-8-7-17(32)9-18(19)20/h7-12,32H,6,13-14H2,1-5H3,(H,25,28). The van der Waals surface area contributed by atoms with Crippen molar-refractivity contribution in [1.82, 2.24) is 34.5 Å². The van der Waals surface area contributed by atoms with Gasteiger partial charge in [0, 0.05) is 36.8 Å². The van der Waals surface area contributed by atoms with Crippen LogP contribution in [-0.2, 0) is 19.6 Å². The molecule has 0 spiro atoms. The number of aromatic amines is 1. The molecule has 0 radical (unpaired) electrons. The van der Waals surface area contributed by atoms with E-state index in [-0.39, 0.29) is 11.7 Å². The topological polar surface area (TPSA) is 103 Å². The number of nitrogens with one attached hydrogen (secondary N) is 1. The highest BCUT2D eigenvalue weighted by atomic mass is 16.3. The van der Waals surface area contributed by atoms with Crippen molar-refractivity contribution in [3.05, 3.63) is 59.3 Å². The maximum Gasteiger partial charge on any atom is 0.254 e. The molecule has 4 aromatic rings. The number of hydrogen-bond acceptors (Lipinski definition) is 6. The van der Waals surface area contributed by atoms with E-state index in [2.05, 4.69) is 15.1 Å². The predicted molar refractivity (Wildman–Crippen MR) is 127 cm³/mol. The molecule has 33 heavy (non-hydrogen) atoms. The number of phenolic OH excluding ortho intramolecular Hbond substituents is 1. The fraction of sp³-hybridized carbons (Fsp3) is 0.333. The van der Waals surface area contributed by atoms with Crippen LogP contribution >= 0.6 is 0 Å². The second-order valence-corrected chi connectivity index (χ2v) is 8.47. The van der Waals surface area contributed by atoms with E-state index in [1.54, 1.807) is 48.6 Å². The quantitative estimate of drug-likeness (QED) is 0.451. The first-order chi connectivity index (χ1) is 15.8. The second-order valence-electron chi connectivity index (χ2n) is 8.47. The minimum absolute atomic E-state index is 0.0867. The molecule has 0 atom stereocenters. The summed E-state index contributed by atoms with van der Waals surface area (Å²) in [5.74, 6) is 0.741. The van der Waals surface area contributed by atoms with E-state index in [4.69, 9.17) is 4.98 Å². The van der Waals surface area contributed by atoms with Gasteiger partial charge in [-0.05, 0) is 52.2 Å². The molecule has 1 amide bonds. The lowest BCUT2D eigenvalue weighted by Crippen LogP contribution is -2.26. The van der Waals surface area contributed by atoms with E-state index >= 15 is 0 Å². The van der Waals surface area contributed by atoms with Crippen molar-refractivity contribution in [1.29, 1.82) is 0 Å².